The van der Waals surface area contributed by atoms with Crippen LogP contribution in [0.25, 0.3) is 0 Å². The molecular weight excluding hydrogens is 296 g/mol. The highest BCUT2D eigenvalue weighted by Crippen LogP contribution is 2.27. The molecule has 0 aliphatic carbocycles. The molecule has 0 saturated carbocycles. The molecule has 1 aromatic carbocycles. The molecule has 0 bridgehead atoms. The number of nitrogens with one attached hydrogen (secondary N) is 1. The van der Waals surface area contributed by atoms with Gasteiger partial charge >= 0.3 is 0 Å². The standard InChI is InChI=1S/C17H20N2O2S/c1-12(2)15-5-4-13(3)8-16(15)21-10-17(20)19-18-9-14-6-7-22-11-14/h4-9,11-12H,10H2,1-3H3,(H,19,20)/b18-9-. The van der Waals surface area contributed by atoms with E-state index in [2.05, 4.69) is 24.4 Å². The van der Waals surface area contributed by atoms with Gasteiger partial charge in [-0.25, -0.2) is 5.43 Å². The highest BCUT2D eigenvalue weighted by atomic mass is 32.1. The summed E-state index contributed by atoms with van der Waals surface area (Å²) in [7, 11) is 0. The summed E-state index contributed by atoms with van der Waals surface area (Å²) in [5, 5.41) is 7.81. The van der Waals surface area contributed by atoms with Crippen molar-refractivity contribution in [2.24, 2.45) is 5.10 Å². The molecule has 0 spiro atoms. The van der Waals surface area contributed by atoms with E-state index in [9.17, 15) is 4.79 Å². The fraction of sp³-hybridized carbons (Fsp3) is 0.294. The third-order valence-corrected chi connectivity index (χ3v) is 3.80. The summed E-state index contributed by atoms with van der Waals surface area (Å²) in [5.41, 5.74) is 5.63. The molecular formula is C17H20N2O2S. The van der Waals surface area contributed by atoms with Gasteiger partial charge in [0.1, 0.15) is 5.75 Å². The van der Waals surface area contributed by atoms with E-state index in [1.807, 2.05) is 41.9 Å². The normalized spacial score (nSPS) is 11.1. The Balaban J connectivity index is 1.89. The largest absolute Gasteiger partial charge is 0.483 e. The van der Waals surface area contributed by atoms with E-state index in [4.69, 9.17) is 4.74 Å². The number of amides is 1. The second-order valence-electron chi connectivity index (χ2n) is 5.33. The van der Waals surface area contributed by atoms with Crippen LogP contribution in [-0.2, 0) is 4.79 Å². The number of hydrazone groups is 1. The lowest BCUT2D eigenvalue weighted by molar-refractivity contribution is -0.123. The molecule has 4 nitrogen and oxygen atoms in total. The Hall–Kier alpha value is -2.14. The quantitative estimate of drug-likeness (QED) is 0.652. The lowest BCUT2D eigenvalue weighted by Crippen LogP contribution is -2.24. The Morgan fingerprint density at radius 2 is 2.23 bits per heavy atom. The minimum atomic E-state index is -0.275. The van der Waals surface area contributed by atoms with Gasteiger partial charge in [-0.3, -0.25) is 4.79 Å². The second kappa shape index (κ2) is 7.75. The van der Waals surface area contributed by atoms with E-state index >= 15 is 0 Å². The summed E-state index contributed by atoms with van der Waals surface area (Å²) in [6.45, 7) is 6.15. The molecule has 22 heavy (non-hydrogen) atoms. The summed E-state index contributed by atoms with van der Waals surface area (Å²) in [6, 6.07) is 7.98. The topological polar surface area (TPSA) is 50.7 Å². The van der Waals surface area contributed by atoms with Crippen molar-refractivity contribution in [2.45, 2.75) is 26.7 Å². The minimum Gasteiger partial charge on any atom is -0.483 e. The van der Waals surface area contributed by atoms with Gasteiger partial charge in [0, 0.05) is 5.56 Å². The zero-order valence-electron chi connectivity index (χ0n) is 13.0. The Kier molecular flexibility index (Phi) is 5.72. The average molecular weight is 316 g/mol. The third kappa shape index (κ3) is 4.70. The second-order valence-corrected chi connectivity index (χ2v) is 6.11. The van der Waals surface area contributed by atoms with Gasteiger partial charge in [-0.2, -0.15) is 16.4 Å². The molecule has 0 aliphatic rings. The Morgan fingerprint density at radius 3 is 2.91 bits per heavy atom. The number of carbonyl (C=O) groups is 1. The molecule has 2 rings (SSSR count). The van der Waals surface area contributed by atoms with E-state index < -0.39 is 0 Å². The van der Waals surface area contributed by atoms with Crippen molar-refractivity contribution < 1.29 is 9.53 Å². The van der Waals surface area contributed by atoms with Gasteiger partial charge in [-0.15, -0.1) is 0 Å². The predicted octanol–water partition coefficient (Wildman–Crippen LogP) is 3.71. The van der Waals surface area contributed by atoms with Crippen LogP contribution in [0.4, 0.5) is 0 Å². The SMILES string of the molecule is Cc1ccc(C(C)C)c(OCC(=O)N/N=C\c2ccsc2)c1. The number of rotatable bonds is 6. The summed E-state index contributed by atoms with van der Waals surface area (Å²) in [4.78, 5) is 11.8. The molecule has 1 aromatic heterocycles. The van der Waals surface area contributed by atoms with Crippen molar-refractivity contribution in [2.75, 3.05) is 6.61 Å². The summed E-state index contributed by atoms with van der Waals surface area (Å²) < 4.78 is 5.64. The monoisotopic (exact) mass is 316 g/mol. The number of carbonyl (C=O) groups excluding carboxylic acids is 1. The van der Waals surface area contributed by atoms with Gasteiger partial charge in [0.25, 0.3) is 5.91 Å². The molecule has 5 heteroatoms. The molecule has 0 fully saturated rings. The Bertz CT molecular complexity index is 649. The van der Waals surface area contributed by atoms with Crippen LogP contribution in [0.5, 0.6) is 5.75 Å². The maximum absolute atomic E-state index is 11.8. The van der Waals surface area contributed by atoms with Gasteiger partial charge in [0.05, 0.1) is 6.21 Å². The van der Waals surface area contributed by atoms with Crippen molar-refractivity contribution in [3.63, 3.8) is 0 Å². The number of aryl methyl sites for hydroxylation is 1. The predicted molar refractivity (Wildman–Crippen MR) is 90.8 cm³/mol. The number of thiophene rings is 1. The van der Waals surface area contributed by atoms with Crippen molar-refractivity contribution in [3.8, 4) is 5.75 Å². The first-order valence-corrected chi connectivity index (χ1v) is 8.08. The van der Waals surface area contributed by atoms with Gasteiger partial charge in [0.2, 0.25) is 0 Å². The molecule has 0 atom stereocenters. The van der Waals surface area contributed by atoms with Crippen LogP contribution >= 0.6 is 11.3 Å². The molecule has 1 N–H and O–H groups in total. The fourth-order valence-corrected chi connectivity index (χ4v) is 2.56. The van der Waals surface area contributed by atoms with Crippen LogP contribution in [0.3, 0.4) is 0 Å². The van der Waals surface area contributed by atoms with E-state index in [-0.39, 0.29) is 12.5 Å². The number of hydrogen-bond acceptors (Lipinski definition) is 4. The van der Waals surface area contributed by atoms with Crippen LogP contribution in [-0.4, -0.2) is 18.7 Å². The van der Waals surface area contributed by atoms with Gasteiger partial charge in [-0.1, -0.05) is 26.0 Å². The van der Waals surface area contributed by atoms with Crippen LogP contribution in [0.1, 0.15) is 36.5 Å². The van der Waals surface area contributed by atoms with Gasteiger partial charge in [-0.05, 0) is 46.9 Å². The van der Waals surface area contributed by atoms with Crippen LogP contribution in [0.15, 0.2) is 40.1 Å². The molecule has 0 saturated heterocycles. The molecule has 1 amide bonds. The summed E-state index contributed by atoms with van der Waals surface area (Å²) >= 11 is 1.58. The van der Waals surface area contributed by atoms with E-state index in [0.29, 0.717) is 5.92 Å². The first-order valence-electron chi connectivity index (χ1n) is 7.13. The molecule has 1 heterocycles. The smallest absolute Gasteiger partial charge is 0.277 e. The number of benzene rings is 1. The van der Waals surface area contributed by atoms with Crippen LogP contribution in [0.2, 0.25) is 0 Å². The lowest BCUT2D eigenvalue weighted by Gasteiger charge is -2.14. The fourth-order valence-electron chi connectivity index (χ4n) is 1.95. The zero-order valence-corrected chi connectivity index (χ0v) is 13.8. The van der Waals surface area contributed by atoms with Crippen molar-refractivity contribution in [3.05, 3.63) is 51.7 Å². The number of hydrogen-bond donors (Lipinski definition) is 1. The van der Waals surface area contributed by atoms with E-state index in [0.717, 1.165) is 22.4 Å². The first kappa shape index (κ1) is 16.2. The minimum absolute atomic E-state index is 0.0514. The third-order valence-electron chi connectivity index (χ3n) is 3.10. The molecule has 0 unspecified atom stereocenters. The maximum atomic E-state index is 11.8. The molecule has 2 aromatic rings. The lowest BCUT2D eigenvalue weighted by atomic mass is 10.0. The average Bonchev–Trinajstić information content (AvgIpc) is 2.98. The first-order chi connectivity index (χ1) is 10.6. The zero-order chi connectivity index (χ0) is 15.9. The molecule has 116 valence electrons. The highest BCUT2D eigenvalue weighted by Gasteiger charge is 2.09. The van der Waals surface area contributed by atoms with Crippen molar-refractivity contribution in [1.29, 1.82) is 0 Å². The van der Waals surface area contributed by atoms with Gasteiger partial charge < -0.3 is 4.74 Å². The highest BCUT2D eigenvalue weighted by molar-refractivity contribution is 7.08. The summed E-state index contributed by atoms with van der Waals surface area (Å²) in [5.74, 6) is 0.824. The van der Waals surface area contributed by atoms with Crippen LogP contribution in [0, 0.1) is 6.92 Å². The van der Waals surface area contributed by atoms with Crippen molar-refractivity contribution in [1.82, 2.24) is 5.43 Å². The van der Waals surface area contributed by atoms with E-state index in [1.54, 1.807) is 17.6 Å². The summed E-state index contributed by atoms with van der Waals surface area (Å²) in [6.07, 6.45) is 1.61. The Labute approximate surface area is 134 Å². The number of nitrogens with zero attached hydrogens (tertiary/aromatic N) is 1. The number of ether oxygens (including phenoxy) is 1. The Morgan fingerprint density at radius 1 is 1.41 bits per heavy atom. The molecule has 0 aliphatic heterocycles. The van der Waals surface area contributed by atoms with Gasteiger partial charge in [0.15, 0.2) is 6.61 Å². The maximum Gasteiger partial charge on any atom is 0.277 e. The van der Waals surface area contributed by atoms with Crippen molar-refractivity contribution >= 4 is 23.5 Å². The van der Waals surface area contributed by atoms with Crippen LogP contribution < -0.4 is 10.2 Å². The molecule has 0 radical (unpaired) electrons. The van der Waals surface area contributed by atoms with E-state index in [1.165, 1.54) is 0 Å².